The van der Waals surface area contributed by atoms with E-state index in [2.05, 4.69) is 36.4 Å². The minimum Gasteiger partial charge on any atom is -0.489 e. The van der Waals surface area contributed by atoms with Gasteiger partial charge in [-0.3, -0.25) is 9.48 Å². The van der Waals surface area contributed by atoms with E-state index in [4.69, 9.17) is 27.9 Å². The first-order valence-corrected chi connectivity index (χ1v) is 11.1. The van der Waals surface area contributed by atoms with Gasteiger partial charge in [-0.05, 0) is 54.7 Å². The third kappa shape index (κ3) is 6.25. The van der Waals surface area contributed by atoms with Gasteiger partial charge in [-0.15, -0.1) is 0 Å². The Morgan fingerprint density at radius 1 is 1.16 bits per heavy atom. The van der Waals surface area contributed by atoms with E-state index in [0.717, 1.165) is 11.3 Å². The Bertz CT molecular complexity index is 1030. The van der Waals surface area contributed by atoms with Gasteiger partial charge >= 0.3 is 0 Å². The number of carbonyl (C=O) groups excluding carboxylic acids is 1. The van der Waals surface area contributed by atoms with Crippen molar-refractivity contribution in [3.63, 3.8) is 0 Å². The van der Waals surface area contributed by atoms with Gasteiger partial charge in [0.15, 0.2) is 0 Å². The van der Waals surface area contributed by atoms with Crippen LogP contribution in [-0.4, -0.2) is 22.2 Å². The van der Waals surface area contributed by atoms with Crippen LogP contribution in [0.2, 0.25) is 10.2 Å². The van der Waals surface area contributed by atoms with Gasteiger partial charge in [0.05, 0.1) is 5.69 Å². The lowest BCUT2D eigenvalue weighted by molar-refractivity contribution is 0.0952. The van der Waals surface area contributed by atoms with E-state index in [0.29, 0.717) is 53.5 Å². The fourth-order valence-corrected chi connectivity index (χ4v) is 3.52. The Morgan fingerprint density at radius 3 is 2.55 bits per heavy atom. The minimum absolute atomic E-state index is 0.121. The predicted octanol–water partition coefficient (Wildman–Crippen LogP) is 6.02. The molecule has 3 rings (SSSR count). The number of nitrogens with zero attached hydrogens (tertiary/aromatic N) is 2. The fraction of sp³-hybridized carbons (Fsp3) is 0.333. The Morgan fingerprint density at radius 2 is 1.90 bits per heavy atom. The Labute approximate surface area is 193 Å². The second-order valence-corrected chi connectivity index (χ2v) is 8.47. The monoisotopic (exact) mass is 459 g/mol. The first-order valence-electron chi connectivity index (χ1n) is 10.3. The number of carbonyl (C=O) groups is 1. The molecule has 2 aromatic carbocycles. The normalized spacial score (nSPS) is 11.0. The predicted molar refractivity (Wildman–Crippen MR) is 125 cm³/mol. The molecule has 0 radical (unpaired) electrons. The van der Waals surface area contributed by atoms with Gasteiger partial charge in [-0.25, -0.2) is 0 Å². The van der Waals surface area contributed by atoms with Crippen LogP contribution in [0, 0.1) is 6.92 Å². The number of benzene rings is 2. The molecule has 0 bridgehead atoms. The van der Waals surface area contributed by atoms with E-state index in [1.54, 1.807) is 10.7 Å². The molecule has 1 N–H and O–H groups in total. The SMILES string of the molecule is Cc1nn(CCCNC(=O)c2cccc(COc3ccc(C(C)C)cc3)c2)c(Cl)c1Cl. The number of aromatic nitrogens is 2. The molecule has 164 valence electrons. The molecule has 1 heterocycles. The average molecular weight is 460 g/mol. The standard InChI is InChI=1S/C24H27Cl2N3O2/c1-16(2)19-8-10-21(11-9-19)31-15-18-6-4-7-20(14-18)24(30)27-12-5-13-29-23(26)22(25)17(3)28-29/h4,6-11,14,16H,5,12-13,15H2,1-3H3,(H,27,30). The van der Waals surface area contributed by atoms with Gasteiger partial charge < -0.3 is 10.1 Å². The molecule has 0 unspecified atom stereocenters. The second-order valence-electron chi connectivity index (χ2n) is 7.74. The zero-order valence-electron chi connectivity index (χ0n) is 18.0. The zero-order valence-corrected chi connectivity index (χ0v) is 19.5. The summed E-state index contributed by atoms with van der Waals surface area (Å²) in [7, 11) is 0. The van der Waals surface area contributed by atoms with Crippen LogP contribution in [0.4, 0.5) is 0 Å². The van der Waals surface area contributed by atoms with Crippen molar-refractivity contribution in [1.29, 1.82) is 0 Å². The molecule has 7 heteroatoms. The molecule has 0 spiro atoms. The summed E-state index contributed by atoms with van der Waals surface area (Å²) in [5.41, 5.74) is 3.52. The number of halogens is 2. The highest BCUT2D eigenvalue weighted by atomic mass is 35.5. The smallest absolute Gasteiger partial charge is 0.251 e. The highest BCUT2D eigenvalue weighted by Crippen LogP contribution is 2.25. The van der Waals surface area contributed by atoms with Gasteiger partial charge in [0, 0.05) is 18.7 Å². The van der Waals surface area contributed by atoms with E-state index in [1.807, 2.05) is 37.3 Å². The first-order chi connectivity index (χ1) is 14.8. The molecule has 0 saturated heterocycles. The summed E-state index contributed by atoms with van der Waals surface area (Å²) in [6, 6.07) is 15.6. The van der Waals surface area contributed by atoms with E-state index >= 15 is 0 Å². The number of aryl methyl sites for hydroxylation is 2. The third-order valence-electron chi connectivity index (χ3n) is 4.97. The maximum atomic E-state index is 12.5. The number of amides is 1. The molecule has 0 fully saturated rings. The summed E-state index contributed by atoms with van der Waals surface area (Å²) in [5.74, 6) is 1.18. The van der Waals surface area contributed by atoms with Crippen molar-refractivity contribution in [2.24, 2.45) is 0 Å². The molecular weight excluding hydrogens is 433 g/mol. The Balaban J connectivity index is 1.48. The average Bonchev–Trinajstić information content (AvgIpc) is 3.02. The van der Waals surface area contributed by atoms with Crippen molar-refractivity contribution in [2.45, 2.75) is 46.3 Å². The second kappa shape index (κ2) is 10.7. The van der Waals surface area contributed by atoms with Crippen LogP contribution < -0.4 is 10.1 Å². The van der Waals surface area contributed by atoms with Crippen molar-refractivity contribution >= 4 is 29.1 Å². The van der Waals surface area contributed by atoms with Crippen LogP contribution in [-0.2, 0) is 13.2 Å². The van der Waals surface area contributed by atoms with Crippen LogP contribution in [0.1, 0.15) is 53.4 Å². The largest absolute Gasteiger partial charge is 0.489 e. The molecule has 0 atom stereocenters. The van der Waals surface area contributed by atoms with Gasteiger partial charge in [-0.2, -0.15) is 5.10 Å². The van der Waals surface area contributed by atoms with Crippen LogP contribution >= 0.6 is 23.2 Å². The van der Waals surface area contributed by atoms with Crippen molar-refractivity contribution < 1.29 is 9.53 Å². The van der Waals surface area contributed by atoms with Gasteiger partial charge in [0.2, 0.25) is 0 Å². The maximum Gasteiger partial charge on any atom is 0.251 e. The lowest BCUT2D eigenvalue weighted by atomic mass is 10.0. The number of hydrogen-bond donors (Lipinski definition) is 1. The highest BCUT2D eigenvalue weighted by Gasteiger charge is 2.11. The number of rotatable bonds is 9. The summed E-state index contributed by atoms with van der Waals surface area (Å²) in [6.07, 6.45) is 0.693. The first kappa shape index (κ1) is 23.2. The summed E-state index contributed by atoms with van der Waals surface area (Å²) in [5, 5.41) is 8.11. The quantitative estimate of drug-likeness (QED) is 0.397. The summed E-state index contributed by atoms with van der Waals surface area (Å²) in [6.45, 7) is 7.62. The van der Waals surface area contributed by atoms with Crippen molar-refractivity contribution in [3.8, 4) is 5.75 Å². The van der Waals surface area contributed by atoms with Gasteiger partial charge in [0.25, 0.3) is 5.91 Å². The van der Waals surface area contributed by atoms with Gasteiger partial charge in [0.1, 0.15) is 22.5 Å². The maximum absolute atomic E-state index is 12.5. The molecule has 1 amide bonds. The highest BCUT2D eigenvalue weighted by molar-refractivity contribution is 6.41. The van der Waals surface area contributed by atoms with E-state index in [9.17, 15) is 4.79 Å². The zero-order chi connectivity index (χ0) is 22.4. The van der Waals surface area contributed by atoms with Crippen molar-refractivity contribution in [2.75, 3.05) is 6.54 Å². The molecule has 3 aromatic rings. The molecule has 1 aromatic heterocycles. The van der Waals surface area contributed by atoms with E-state index < -0.39 is 0 Å². The van der Waals surface area contributed by atoms with Crippen LogP contribution in [0.25, 0.3) is 0 Å². The molecule has 31 heavy (non-hydrogen) atoms. The Kier molecular flexibility index (Phi) is 7.99. The minimum atomic E-state index is -0.121. The Hall–Kier alpha value is -2.50. The summed E-state index contributed by atoms with van der Waals surface area (Å²) >= 11 is 12.2. The molecule has 0 aliphatic rings. The summed E-state index contributed by atoms with van der Waals surface area (Å²) < 4.78 is 7.52. The lowest BCUT2D eigenvalue weighted by Crippen LogP contribution is -2.25. The topological polar surface area (TPSA) is 56.2 Å². The molecule has 0 saturated carbocycles. The van der Waals surface area contributed by atoms with Gasteiger partial charge in [-0.1, -0.05) is 61.3 Å². The summed E-state index contributed by atoms with van der Waals surface area (Å²) in [4.78, 5) is 12.5. The number of ether oxygens (including phenoxy) is 1. The number of hydrogen-bond acceptors (Lipinski definition) is 3. The van der Waals surface area contributed by atoms with Crippen LogP contribution in [0.15, 0.2) is 48.5 Å². The third-order valence-corrected chi connectivity index (χ3v) is 5.90. The molecule has 5 nitrogen and oxygen atoms in total. The van der Waals surface area contributed by atoms with Crippen molar-refractivity contribution in [1.82, 2.24) is 15.1 Å². The fourth-order valence-electron chi connectivity index (χ4n) is 3.13. The van der Waals surface area contributed by atoms with E-state index in [1.165, 1.54) is 5.56 Å². The molecule has 0 aliphatic carbocycles. The molecular formula is C24H27Cl2N3O2. The lowest BCUT2D eigenvalue weighted by Gasteiger charge is -2.10. The van der Waals surface area contributed by atoms with E-state index in [-0.39, 0.29) is 5.91 Å². The van der Waals surface area contributed by atoms with Crippen LogP contribution in [0.3, 0.4) is 0 Å². The van der Waals surface area contributed by atoms with Crippen LogP contribution in [0.5, 0.6) is 5.75 Å². The number of nitrogens with one attached hydrogen (secondary N) is 1. The van der Waals surface area contributed by atoms with Crippen molar-refractivity contribution in [3.05, 3.63) is 81.1 Å². The molecule has 0 aliphatic heterocycles.